The Balaban J connectivity index is 1.60. The molecule has 0 saturated heterocycles. The van der Waals surface area contributed by atoms with E-state index in [1.54, 1.807) is 18.2 Å². The number of imidazole rings is 1. The molecule has 0 radical (unpaired) electrons. The number of aromatic nitrogens is 5. The molecule has 5 nitrogen and oxygen atoms in total. The van der Waals surface area contributed by atoms with Gasteiger partial charge in [-0.15, -0.1) is 0 Å². The summed E-state index contributed by atoms with van der Waals surface area (Å²) in [5.74, 6) is 0.379. The Morgan fingerprint density at radius 3 is 2.58 bits per heavy atom. The highest BCUT2D eigenvalue weighted by molar-refractivity contribution is 5.94. The third-order valence-electron chi connectivity index (χ3n) is 5.58. The molecule has 3 aromatic heterocycles. The number of hydrogen-bond donors (Lipinski definition) is 2. The first-order valence-corrected chi connectivity index (χ1v) is 10.6. The fourth-order valence-corrected chi connectivity index (χ4v) is 3.98. The lowest BCUT2D eigenvalue weighted by Gasteiger charge is -2.05. The van der Waals surface area contributed by atoms with E-state index < -0.39 is 0 Å². The van der Waals surface area contributed by atoms with E-state index in [1.807, 2.05) is 38.4 Å². The first-order valence-electron chi connectivity index (χ1n) is 10.6. The lowest BCUT2D eigenvalue weighted by atomic mass is 10.0. The number of pyridine rings is 1. The van der Waals surface area contributed by atoms with Gasteiger partial charge >= 0.3 is 0 Å². The van der Waals surface area contributed by atoms with Gasteiger partial charge in [0, 0.05) is 34.6 Å². The summed E-state index contributed by atoms with van der Waals surface area (Å²) >= 11 is 0. The standard InChI is InChI=1S/C27H22FN5/c1-4-5-22(18-6-9-21(28)10-7-18)25-17(3)30-27(31-25)26-23-13-19(8-11-24(23)32-33-26)20-12-16(2)14-29-15-20/h4-15H,1H2,2-3H3,(H,30,31)(H,32,33)/b22-5-. The summed E-state index contributed by atoms with van der Waals surface area (Å²) in [6.07, 6.45) is 7.29. The van der Waals surface area contributed by atoms with Crippen LogP contribution in [-0.2, 0) is 0 Å². The molecule has 2 N–H and O–H groups in total. The van der Waals surface area contributed by atoms with Crippen LogP contribution in [0.4, 0.5) is 4.39 Å². The van der Waals surface area contributed by atoms with Crippen LogP contribution in [0, 0.1) is 19.7 Å². The zero-order chi connectivity index (χ0) is 22.9. The van der Waals surface area contributed by atoms with Gasteiger partial charge in [0.05, 0.1) is 11.2 Å². The molecule has 2 aromatic carbocycles. The van der Waals surface area contributed by atoms with Crippen molar-refractivity contribution in [2.45, 2.75) is 13.8 Å². The van der Waals surface area contributed by atoms with Crippen LogP contribution in [0.1, 0.15) is 22.5 Å². The number of allylic oxidation sites excluding steroid dienone is 2. The van der Waals surface area contributed by atoms with Crippen molar-refractivity contribution >= 4 is 16.5 Å². The minimum Gasteiger partial charge on any atom is -0.340 e. The molecule has 5 aromatic rings. The number of aryl methyl sites for hydroxylation is 2. The zero-order valence-corrected chi connectivity index (χ0v) is 18.4. The van der Waals surface area contributed by atoms with Gasteiger partial charge in [-0.1, -0.05) is 36.9 Å². The van der Waals surface area contributed by atoms with Gasteiger partial charge in [-0.3, -0.25) is 10.1 Å². The highest BCUT2D eigenvalue weighted by Crippen LogP contribution is 2.32. The van der Waals surface area contributed by atoms with Crippen LogP contribution in [0.25, 0.3) is 39.1 Å². The topological polar surface area (TPSA) is 70.2 Å². The maximum absolute atomic E-state index is 13.5. The predicted octanol–water partition coefficient (Wildman–Crippen LogP) is 6.39. The van der Waals surface area contributed by atoms with Gasteiger partial charge < -0.3 is 4.98 Å². The molecule has 0 aliphatic carbocycles. The number of H-pyrrole nitrogens is 2. The minimum atomic E-state index is -0.279. The van der Waals surface area contributed by atoms with E-state index in [0.29, 0.717) is 5.82 Å². The van der Waals surface area contributed by atoms with E-state index in [9.17, 15) is 4.39 Å². The van der Waals surface area contributed by atoms with Crippen LogP contribution in [0.15, 0.2) is 79.7 Å². The Bertz CT molecular complexity index is 1510. The third-order valence-corrected chi connectivity index (χ3v) is 5.58. The van der Waals surface area contributed by atoms with Crippen LogP contribution >= 0.6 is 0 Å². The van der Waals surface area contributed by atoms with E-state index >= 15 is 0 Å². The Morgan fingerprint density at radius 1 is 1.00 bits per heavy atom. The minimum absolute atomic E-state index is 0.279. The van der Waals surface area contributed by atoms with Crippen molar-refractivity contribution in [3.05, 3.63) is 108 Å². The molecule has 0 fully saturated rings. The van der Waals surface area contributed by atoms with Gasteiger partial charge in [-0.25, -0.2) is 9.37 Å². The highest BCUT2D eigenvalue weighted by Gasteiger charge is 2.18. The number of halogens is 1. The molecule has 33 heavy (non-hydrogen) atoms. The lowest BCUT2D eigenvalue weighted by Crippen LogP contribution is -1.91. The molecule has 0 atom stereocenters. The van der Waals surface area contributed by atoms with Crippen molar-refractivity contribution in [1.82, 2.24) is 25.1 Å². The number of aromatic amines is 2. The molecule has 0 unspecified atom stereocenters. The fourth-order valence-electron chi connectivity index (χ4n) is 3.98. The van der Waals surface area contributed by atoms with Crippen molar-refractivity contribution < 1.29 is 4.39 Å². The average molecular weight is 436 g/mol. The molecule has 6 heteroatoms. The van der Waals surface area contributed by atoms with Gasteiger partial charge in [0.25, 0.3) is 0 Å². The summed E-state index contributed by atoms with van der Waals surface area (Å²) in [6.45, 7) is 7.82. The zero-order valence-electron chi connectivity index (χ0n) is 18.4. The van der Waals surface area contributed by atoms with Crippen molar-refractivity contribution in [3.63, 3.8) is 0 Å². The van der Waals surface area contributed by atoms with E-state index in [1.165, 1.54) is 12.1 Å². The van der Waals surface area contributed by atoms with E-state index in [0.717, 1.165) is 55.8 Å². The number of nitrogens with zero attached hydrogens (tertiary/aromatic N) is 3. The van der Waals surface area contributed by atoms with Gasteiger partial charge in [0.2, 0.25) is 0 Å². The molecule has 0 amide bonds. The molecular weight excluding hydrogens is 413 g/mol. The second kappa shape index (κ2) is 8.31. The van der Waals surface area contributed by atoms with Crippen molar-refractivity contribution in [2.24, 2.45) is 0 Å². The smallest absolute Gasteiger partial charge is 0.159 e. The average Bonchev–Trinajstić information content (AvgIpc) is 3.41. The number of fused-ring (bicyclic) bond motifs is 1. The number of rotatable bonds is 5. The Morgan fingerprint density at radius 2 is 1.82 bits per heavy atom. The van der Waals surface area contributed by atoms with E-state index in [4.69, 9.17) is 4.98 Å². The first-order chi connectivity index (χ1) is 16.0. The number of benzene rings is 2. The largest absolute Gasteiger partial charge is 0.340 e. The molecule has 0 aliphatic heterocycles. The summed E-state index contributed by atoms with van der Waals surface area (Å²) in [6, 6.07) is 14.6. The fraction of sp³-hybridized carbons (Fsp3) is 0.0741. The van der Waals surface area contributed by atoms with Gasteiger partial charge in [-0.2, -0.15) is 5.10 Å². The maximum atomic E-state index is 13.5. The summed E-state index contributed by atoms with van der Waals surface area (Å²) in [7, 11) is 0. The van der Waals surface area contributed by atoms with Crippen LogP contribution in [0.3, 0.4) is 0 Å². The van der Waals surface area contributed by atoms with E-state index in [-0.39, 0.29) is 5.82 Å². The molecule has 3 heterocycles. The Kier molecular flexibility index (Phi) is 5.18. The monoisotopic (exact) mass is 435 g/mol. The van der Waals surface area contributed by atoms with Crippen molar-refractivity contribution in [2.75, 3.05) is 0 Å². The summed E-state index contributed by atoms with van der Waals surface area (Å²) in [5.41, 5.74) is 8.24. The molecular formula is C27H22FN5. The Labute approximate surface area is 190 Å². The summed E-state index contributed by atoms with van der Waals surface area (Å²) in [5, 5.41) is 8.60. The molecule has 0 bridgehead atoms. The second-order valence-corrected chi connectivity index (χ2v) is 7.97. The van der Waals surface area contributed by atoms with Crippen molar-refractivity contribution in [3.8, 4) is 22.6 Å². The van der Waals surface area contributed by atoms with Crippen molar-refractivity contribution in [1.29, 1.82) is 0 Å². The van der Waals surface area contributed by atoms with Crippen LogP contribution in [0.2, 0.25) is 0 Å². The lowest BCUT2D eigenvalue weighted by molar-refractivity contribution is 0.627. The van der Waals surface area contributed by atoms with Gasteiger partial charge in [0.15, 0.2) is 5.82 Å². The molecule has 5 rings (SSSR count). The Hall–Kier alpha value is -4.32. The molecule has 0 spiro atoms. The van der Waals surface area contributed by atoms with Gasteiger partial charge in [0.1, 0.15) is 11.5 Å². The normalized spacial score (nSPS) is 11.8. The predicted molar refractivity (Wildman–Crippen MR) is 130 cm³/mol. The van der Waals surface area contributed by atoms with E-state index in [2.05, 4.69) is 44.9 Å². The number of nitrogens with one attached hydrogen (secondary N) is 2. The summed E-state index contributed by atoms with van der Waals surface area (Å²) < 4.78 is 13.5. The van der Waals surface area contributed by atoms with Crippen LogP contribution < -0.4 is 0 Å². The SMILES string of the molecule is C=C/C=C(/c1ccc(F)cc1)c1nc(-c2n[nH]c3ccc(-c4cncc(C)c4)cc23)[nH]c1C. The molecule has 0 saturated carbocycles. The quantitative estimate of drug-likeness (QED) is 0.314. The first kappa shape index (κ1) is 20.6. The second-order valence-electron chi connectivity index (χ2n) is 7.97. The van der Waals surface area contributed by atoms with Crippen LogP contribution in [0.5, 0.6) is 0 Å². The molecule has 0 aliphatic rings. The van der Waals surface area contributed by atoms with Gasteiger partial charge in [-0.05, 0) is 60.9 Å². The summed E-state index contributed by atoms with van der Waals surface area (Å²) in [4.78, 5) is 12.6. The third kappa shape index (κ3) is 3.87. The van der Waals surface area contributed by atoms with Crippen LogP contribution in [-0.4, -0.2) is 25.1 Å². The highest BCUT2D eigenvalue weighted by atomic mass is 19.1. The molecule has 162 valence electrons. The number of hydrogen-bond acceptors (Lipinski definition) is 3. The maximum Gasteiger partial charge on any atom is 0.159 e.